The van der Waals surface area contributed by atoms with E-state index in [0.717, 1.165) is 0 Å². The lowest BCUT2D eigenvalue weighted by atomic mass is 10.1. The van der Waals surface area contributed by atoms with Crippen molar-refractivity contribution in [1.82, 2.24) is 10.6 Å². The topological polar surface area (TPSA) is 68.8 Å². The minimum atomic E-state index is -1.78. The van der Waals surface area contributed by atoms with E-state index in [1.807, 2.05) is 27.7 Å². The van der Waals surface area contributed by atoms with E-state index in [0.29, 0.717) is 36.0 Å². The molecule has 35 heavy (non-hydrogen) atoms. The zero-order valence-electron chi connectivity index (χ0n) is 20.2. The second-order valence-corrected chi connectivity index (χ2v) is 8.80. The summed E-state index contributed by atoms with van der Waals surface area (Å²) in [5.41, 5.74) is 0. The zero-order valence-corrected chi connectivity index (χ0v) is 21.9. The molecule has 12 heteroatoms. The Morgan fingerprint density at radius 2 is 1.46 bits per heavy atom. The summed E-state index contributed by atoms with van der Waals surface area (Å²) in [6.45, 7) is 8.87. The molecule has 0 aliphatic heterocycles. The standard InChI is InChI=1S/C23H32F4N2O4S2/c1-5-31-13(3)9-18(34)28-12-15(29-19(35)10-14(4)32-6-2)7-8-20(30)33-23-21(26)16(24)11-17(25)22(23)27/h11,13-15H,5-10,12H2,1-4H3,(H,28,34)(H,29,35). The van der Waals surface area contributed by atoms with E-state index in [4.69, 9.17) is 33.9 Å². The van der Waals surface area contributed by atoms with Gasteiger partial charge >= 0.3 is 5.97 Å². The summed E-state index contributed by atoms with van der Waals surface area (Å²) in [7, 11) is 0. The van der Waals surface area contributed by atoms with E-state index in [-0.39, 0.29) is 37.7 Å². The van der Waals surface area contributed by atoms with Crippen molar-refractivity contribution in [2.24, 2.45) is 0 Å². The normalized spacial score (nSPS) is 13.6. The van der Waals surface area contributed by atoms with Crippen molar-refractivity contribution in [2.75, 3.05) is 19.8 Å². The van der Waals surface area contributed by atoms with Crippen molar-refractivity contribution in [3.05, 3.63) is 29.3 Å². The lowest BCUT2D eigenvalue weighted by molar-refractivity contribution is -0.135. The number of nitrogens with one attached hydrogen (secondary N) is 2. The van der Waals surface area contributed by atoms with Gasteiger partial charge in [-0.1, -0.05) is 24.4 Å². The Hall–Kier alpha value is -1.89. The molecule has 0 aromatic heterocycles. The predicted octanol–water partition coefficient (Wildman–Crippen LogP) is 4.76. The van der Waals surface area contributed by atoms with Gasteiger partial charge in [-0.25, -0.2) is 8.78 Å². The Morgan fingerprint density at radius 1 is 0.943 bits per heavy atom. The number of thiocarbonyl (C=S) groups is 2. The number of benzene rings is 1. The molecule has 1 rings (SSSR count). The molecule has 0 spiro atoms. The van der Waals surface area contributed by atoms with Crippen molar-refractivity contribution >= 4 is 40.4 Å². The summed E-state index contributed by atoms with van der Waals surface area (Å²) in [4.78, 5) is 13.2. The van der Waals surface area contributed by atoms with Crippen LogP contribution in [0.5, 0.6) is 5.75 Å². The van der Waals surface area contributed by atoms with Gasteiger partial charge in [0.15, 0.2) is 11.6 Å². The number of carbonyl (C=O) groups is 1. The van der Waals surface area contributed by atoms with Crippen LogP contribution < -0.4 is 15.4 Å². The molecule has 0 fully saturated rings. The van der Waals surface area contributed by atoms with Crippen LogP contribution in [-0.2, 0) is 14.3 Å². The maximum atomic E-state index is 13.8. The fraction of sp³-hybridized carbons (Fsp3) is 0.609. The van der Waals surface area contributed by atoms with E-state index in [1.165, 1.54) is 0 Å². The SMILES string of the molecule is CCOC(C)CC(=S)NCC(CCC(=O)Oc1c(F)c(F)cc(F)c1F)NC(=S)CC(C)OCC. The largest absolute Gasteiger partial charge is 0.420 e. The molecule has 0 saturated carbocycles. The minimum Gasteiger partial charge on any atom is -0.420 e. The minimum absolute atomic E-state index is 0.0348. The van der Waals surface area contributed by atoms with Crippen LogP contribution >= 0.6 is 24.4 Å². The maximum Gasteiger partial charge on any atom is 0.311 e. The van der Waals surface area contributed by atoms with E-state index in [1.54, 1.807) is 0 Å². The molecule has 3 unspecified atom stereocenters. The summed E-state index contributed by atoms with van der Waals surface area (Å²) in [6, 6.07) is -0.379. The van der Waals surface area contributed by atoms with Crippen molar-refractivity contribution in [3.8, 4) is 5.75 Å². The third-order valence-corrected chi connectivity index (χ3v) is 5.34. The smallest absolute Gasteiger partial charge is 0.311 e. The number of hydrogen-bond donors (Lipinski definition) is 2. The maximum absolute atomic E-state index is 13.8. The number of esters is 1. The second-order valence-electron chi connectivity index (χ2n) is 7.82. The highest BCUT2D eigenvalue weighted by molar-refractivity contribution is 7.80. The molecule has 0 heterocycles. The van der Waals surface area contributed by atoms with Crippen molar-refractivity contribution in [3.63, 3.8) is 0 Å². The van der Waals surface area contributed by atoms with Gasteiger partial charge in [0.1, 0.15) is 0 Å². The summed E-state index contributed by atoms with van der Waals surface area (Å²) < 4.78 is 69.8. The summed E-state index contributed by atoms with van der Waals surface area (Å²) in [5.74, 6) is -9.39. The fourth-order valence-corrected chi connectivity index (χ4v) is 3.85. The number of hydrogen-bond acceptors (Lipinski definition) is 6. The highest BCUT2D eigenvalue weighted by atomic mass is 32.1. The third-order valence-electron chi connectivity index (χ3n) is 4.74. The van der Waals surface area contributed by atoms with Crippen molar-refractivity contribution in [2.45, 2.75) is 71.6 Å². The molecular weight excluding hydrogens is 508 g/mol. The van der Waals surface area contributed by atoms with Crippen LogP contribution in [-0.4, -0.2) is 54.0 Å². The van der Waals surface area contributed by atoms with Crippen LogP contribution in [0, 0.1) is 23.3 Å². The molecule has 0 radical (unpaired) electrons. The first-order chi connectivity index (χ1) is 16.5. The lowest BCUT2D eigenvalue weighted by Gasteiger charge is -2.23. The first-order valence-electron chi connectivity index (χ1n) is 11.3. The van der Waals surface area contributed by atoms with Crippen LogP contribution in [0.2, 0.25) is 0 Å². The molecule has 0 saturated heterocycles. The molecule has 0 aliphatic rings. The van der Waals surface area contributed by atoms with Crippen LogP contribution in [0.1, 0.15) is 53.4 Å². The zero-order chi connectivity index (χ0) is 26.5. The Balaban J connectivity index is 2.78. The van der Waals surface area contributed by atoms with Crippen LogP contribution in [0.25, 0.3) is 0 Å². The molecule has 0 amide bonds. The van der Waals surface area contributed by atoms with Crippen LogP contribution in [0.15, 0.2) is 6.07 Å². The van der Waals surface area contributed by atoms with Crippen LogP contribution in [0.4, 0.5) is 17.6 Å². The summed E-state index contributed by atoms with van der Waals surface area (Å²) >= 11 is 10.7. The van der Waals surface area contributed by atoms with E-state index in [2.05, 4.69) is 15.4 Å². The fourth-order valence-electron chi connectivity index (χ4n) is 3.13. The molecule has 1 aromatic rings. The first kappa shape index (κ1) is 31.1. The van der Waals surface area contributed by atoms with Gasteiger partial charge in [-0.15, -0.1) is 0 Å². The number of carbonyl (C=O) groups excluding carboxylic acids is 1. The van der Waals surface area contributed by atoms with Gasteiger partial charge < -0.3 is 24.8 Å². The monoisotopic (exact) mass is 540 g/mol. The molecule has 2 N–H and O–H groups in total. The van der Waals surface area contributed by atoms with Gasteiger partial charge in [-0.3, -0.25) is 4.79 Å². The van der Waals surface area contributed by atoms with Gasteiger partial charge in [0.25, 0.3) is 0 Å². The summed E-state index contributed by atoms with van der Waals surface area (Å²) in [6.07, 6.45) is 0.538. The predicted molar refractivity (Wildman–Crippen MR) is 133 cm³/mol. The molecular formula is C23H32F4N2O4S2. The third kappa shape index (κ3) is 11.6. The Kier molecular flexibility index (Phi) is 14.2. The Morgan fingerprint density at radius 3 is 1.97 bits per heavy atom. The van der Waals surface area contributed by atoms with Crippen molar-refractivity contribution in [1.29, 1.82) is 0 Å². The number of rotatable bonds is 15. The van der Waals surface area contributed by atoms with Crippen LogP contribution in [0.3, 0.4) is 0 Å². The Bertz CT molecular complexity index is 850. The molecule has 6 nitrogen and oxygen atoms in total. The van der Waals surface area contributed by atoms with E-state index < -0.39 is 41.0 Å². The molecule has 1 aromatic carbocycles. The van der Waals surface area contributed by atoms with Crippen molar-refractivity contribution < 1.29 is 36.6 Å². The van der Waals surface area contributed by atoms with Gasteiger partial charge in [0, 0.05) is 51.1 Å². The van der Waals surface area contributed by atoms with E-state index >= 15 is 0 Å². The quantitative estimate of drug-likeness (QED) is 0.109. The highest BCUT2D eigenvalue weighted by Gasteiger charge is 2.24. The molecule has 0 aliphatic carbocycles. The second kappa shape index (κ2) is 16.0. The highest BCUT2D eigenvalue weighted by Crippen LogP contribution is 2.27. The number of halogens is 4. The molecule has 3 atom stereocenters. The molecule has 198 valence electrons. The summed E-state index contributed by atoms with van der Waals surface area (Å²) in [5, 5.41) is 6.21. The molecule has 0 bridgehead atoms. The van der Waals surface area contributed by atoms with Gasteiger partial charge in [0.05, 0.1) is 22.2 Å². The first-order valence-corrected chi connectivity index (χ1v) is 12.1. The van der Waals surface area contributed by atoms with Gasteiger partial charge in [-0.05, 0) is 34.1 Å². The van der Waals surface area contributed by atoms with Gasteiger partial charge in [-0.2, -0.15) is 8.78 Å². The number of ether oxygens (including phenoxy) is 3. The average Bonchev–Trinajstić information content (AvgIpc) is 2.77. The van der Waals surface area contributed by atoms with Gasteiger partial charge in [0.2, 0.25) is 17.4 Å². The lowest BCUT2D eigenvalue weighted by Crippen LogP contribution is -2.44. The average molecular weight is 541 g/mol. The Labute approximate surface area is 214 Å². The van der Waals surface area contributed by atoms with E-state index in [9.17, 15) is 22.4 Å².